The highest BCUT2D eigenvalue weighted by Crippen LogP contribution is 2.33. The zero-order valence-electron chi connectivity index (χ0n) is 29.2. The summed E-state index contributed by atoms with van der Waals surface area (Å²) in [5.74, 6) is 0. The molecule has 17 N–H and O–H groups in total. The van der Waals surface area contributed by atoms with E-state index >= 15 is 0 Å². The molecule has 0 aromatic heterocycles. The van der Waals surface area contributed by atoms with Crippen molar-refractivity contribution >= 4 is 6.29 Å². The van der Waals surface area contributed by atoms with Gasteiger partial charge in [0.2, 0.25) is 0 Å². The average Bonchev–Trinajstić information content (AvgIpc) is 3.20. The Balaban J connectivity index is 1.83. The second-order valence-corrected chi connectivity index (χ2v) is 13.6. The number of aliphatic hydroxyl groups excluding tert-OH is 17. The van der Waals surface area contributed by atoms with Gasteiger partial charge in [-0.1, -0.05) is 0 Å². The summed E-state index contributed by atoms with van der Waals surface area (Å²) >= 11 is 0. The van der Waals surface area contributed by atoms with Crippen LogP contribution in [0, 0.1) is 0 Å². The van der Waals surface area contributed by atoms with E-state index in [1.165, 1.54) is 0 Å². The van der Waals surface area contributed by atoms with Crippen molar-refractivity contribution in [2.24, 2.45) is 0 Å². The van der Waals surface area contributed by atoms with Crippen LogP contribution in [0.2, 0.25) is 0 Å². The van der Waals surface area contributed by atoms with E-state index in [4.69, 9.17) is 37.9 Å². The maximum Gasteiger partial charge on any atom is 0.187 e. The first-order valence-corrected chi connectivity index (χ1v) is 17.4. The standard InChI is InChI=1S/C30H52O26/c31-1-7-13(37)17(41)21(45)27(49-7)53-11(5-35)25(55-29-23(47)19(43)15(39)9(3-33)51-29)26(56-30-24(48)20(44)16(40)10(4-34)52-30)12(6-36)54-28-22(46)18(42)14(38)8(2-32)50-28/h5,7-34,36-48H,1-4,6H2/t7-,8-,9-,10-,11-,12-,13-,14-,15-,16-,17+,18+,19+,20+,21+,22+,23+,24+,25-,26-,27+,28+,29+,30+/m1/s1. The minimum Gasteiger partial charge on any atom is -0.394 e. The molecule has 0 bridgehead atoms. The first kappa shape index (κ1) is 47.3. The number of carbonyl (C=O) groups is 1. The van der Waals surface area contributed by atoms with E-state index in [1.54, 1.807) is 0 Å². The minimum atomic E-state index is -2.37. The lowest BCUT2D eigenvalue weighted by Gasteiger charge is -2.47. The van der Waals surface area contributed by atoms with Crippen LogP contribution in [0.5, 0.6) is 0 Å². The van der Waals surface area contributed by atoms with Gasteiger partial charge in [0.1, 0.15) is 122 Å². The molecular formula is C30H52O26. The lowest BCUT2D eigenvalue weighted by Crippen LogP contribution is -2.66. The molecule has 4 saturated heterocycles. The smallest absolute Gasteiger partial charge is 0.187 e. The average molecular weight is 829 g/mol. The second-order valence-electron chi connectivity index (χ2n) is 13.6. The molecule has 56 heavy (non-hydrogen) atoms. The van der Waals surface area contributed by atoms with E-state index in [9.17, 15) is 91.6 Å². The zero-order valence-corrected chi connectivity index (χ0v) is 29.2. The van der Waals surface area contributed by atoms with Crippen molar-refractivity contribution in [3.63, 3.8) is 0 Å². The Morgan fingerprint density at radius 3 is 0.964 bits per heavy atom. The molecule has 4 fully saturated rings. The number of hydrogen-bond acceptors (Lipinski definition) is 26. The van der Waals surface area contributed by atoms with Crippen LogP contribution >= 0.6 is 0 Å². The molecule has 0 aliphatic carbocycles. The van der Waals surface area contributed by atoms with E-state index in [1.807, 2.05) is 0 Å². The van der Waals surface area contributed by atoms with Crippen LogP contribution in [0.1, 0.15) is 0 Å². The molecule has 26 heteroatoms. The van der Waals surface area contributed by atoms with Gasteiger partial charge in [-0.15, -0.1) is 0 Å². The van der Waals surface area contributed by atoms with Gasteiger partial charge in [-0.05, 0) is 0 Å². The van der Waals surface area contributed by atoms with E-state index in [-0.39, 0.29) is 6.29 Å². The van der Waals surface area contributed by atoms with Crippen LogP contribution in [0.15, 0.2) is 0 Å². The number of aldehydes is 1. The molecule has 26 nitrogen and oxygen atoms in total. The van der Waals surface area contributed by atoms with Gasteiger partial charge in [0.15, 0.2) is 31.4 Å². The summed E-state index contributed by atoms with van der Waals surface area (Å²) in [4.78, 5) is 12.9. The predicted octanol–water partition coefficient (Wildman–Crippen LogP) is -12.1. The number of hydrogen-bond donors (Lipinski definition) is 17. The second kappa shape index (κ2) is 20.8. The van der Waals surface area contributed by atoms with E-state index in [0.29, 0.717) is 0 Å². The molecular weight excluding hydrogens is 776 g/mol. The third-order valence-corrected chi connectivity index (χ3v) is 9.90. The molecule has 4 aliphatic rings. The van der Waals surface area contributed by atoms with Crippen molar-refractivity contribution < 1.29 is 130 Å². The van der Waals surface area contributed by atoms with Gasteiger partial charge in [0, 0.05) is 0 Å². The Morgan fingerprint density at radius 1 is 0.393 bits per heavy atom. The molecule has 0 unspecified atom stereocenters. The zero-order chi connectivity index (χ0) is 41.8. The molecule has 0 saturated carbocycles. The quantitative estimate of drug-likeness (QED) is 0.0605. The van der Waals surface area contributed by atoms with Crippen molar-refractivity contribution in [2.75, 3.05) is 33.0 Å². The Morgan fingerprint density at radius 2 is 0.679 bits per heavy atom. The van der Waals surface area contributed by atoms with Crippen molar-refractivity contribution in [1.82, 2.24) is 0 Å². The minimum absolute atomic E-state index is 0.0952. The summed E-state index contributed by atoms with van der Waals surface area (Å²) in [5, 5.41) is 176. The maximum absolute atomic E-state index is 12.9. The van der Waals surface area contributed by atoms with Gasteiger partial charge in [-0.2, -0.15) is 0 Å². The van der Waals surface area contributed by atoms with Crippen LogP contribution in [0.4, 0.5) is 0 Å². The topological polar surface area (TPSA) is 435 Å². The number of aliphatic hydroxyl groups is 17. The highest BCUT2D eigenvalue weighted by molar-refractivity contribution is 5.57. The normalized spacial score (nSPS) is 47.2. The fourth-order valence-electron chi connectivity index (χ4n) is 6.49. The molecule has 4 rings (SSSR count). The van der Waals surface area contributed by atoms with Crippen LogP contribution < -0.4 is 0 Å². The molecule has 4 aliphatic heterocycles. The molecule has 0 amide bonds. The summed E-state index contributed by atoms with van der Waals surface area (Å²) in [6, 6.07) is 0. The van der Waals surface area contributed by atoms with Crippen LogP contribution in [0.3, 0.4) is 0 Å². The molecule has 24 atom stereocenters. The monoisotopic (exact) mass is 828 g/mol. The largest absolute Gasteiger partial charge is 0.394 e. The van der Waals surface area contributed by atoms with Crippen molar-refractivity contribution in [3.05, 3.63) is 0 Å². The third kappa shape index (κ3) is 9.99. The SMILES string of the molecule is O=C[C@@H](O[C@@H]1O[C@H](CO)[C@@H](O)[C@H](O)[C@@H]1O)[C@@H](O[C@@H]1O[C@H](CO)[C@@H](O)[C@H](O)[C@@H]1O)[C@H](O[C@@H]1O[C@H](CO)[C@@H](O)[C@H](O)[C@@H]1O)[C@@H](CO)O[C@@H]1O[C@H](CO)[C@@H](O)[C@H](O)[C@@H]1O. The van der Waals surface area contributed by atoms with Crippen molar-refractivity contribution in [1.29, 1.82) is 0 Å². The Labute approximate surface area is 316 Å². The molecule has 4 heterocycles. The molecule has 0 aromatic rings. The van der Waals surface area contributed by atoms with Crippen molar-refractivity contribution in [3.8, 4) is 0 Å². The van der Waals surface area contributed by atoms with Gasteiger partial charge in [0.25, 0.3) is 0 Å². The molecule has 0 spiro atoms. The number of carbonyl (C=O) groups excluding carboxylic acids is 1. The van der Waals surface area contributed by atoms with Gasteiger partial charge in [-0.25, -0.2) is 0 Å². The van der Waals surface area contributed by atoms with Gasteiger partial charge < -0.3 is 130 Å². The summed E-state index contributed by atoms with van der Waals surface area (Å²) in [7, 11) is 0. The maximum atomic E-state index is 12.9. The first-order valence-electron chi connectivity index (χ1n) is 17.4. The highest BCUT2D eigenvalue weighted by Gasteiger charge is 2.54. The summed E-state index contributed by atoms with van der Waals surface area (Å²) < 4.78 is 44.5. The van der Waals surface area contributed by atoms with Crippen LogP contribution in [-0.4, -0.2) is 273 Å². The fourth-order valence-corrected chi connectivity index (χ4v) is 6.49. The van der Waals surface area contributed by atoms with E-state index in [2.05, 4.69) is 0 Å². The van der Waals surface area contributed by atoms with Crippen LogP contribution in [-0.2, 0) is 42.7 Å². The van der Waals surface area contributed by atoms with E-state index in [0.717, 1.165) is 0 Å². The Kier molecular flexibility index (Phi) is 17.6. The van der Waals surface area contributed by atoms with Crippen LogP contribution in [0.25, 0.3) is 0 Å². The van der Waals surface area contributed by atoms with Gasteiger partial charge in [-0.3, -0.25) is 0 Å². The van der Waals surface area contributed by atoms with Crippen molar-refractivity contribution in [2.45, 2.75) is 147 Å². The molecule has 328 valence electrons. The fraction of sp³-hybridized carbons (Fsp3) is 0.967. The number of rotatable bonds is 17. The predicted molar refractivity (Wildman–Crippen MR) is 168 cm³/mol. The lowest BCUT2D eigenvalue weighted by molar-refractivity contribution is -0.374. The molecule has 0 aromatic carbocycles. The first-order chi connectivity index (χ1) is 26.5. The summed E-state index contributed by atoms with van der Waals surface area (Å²) in [6.07, 6.45) is -49.4. The Hall–Kier alpha value is -1.33. The van der Waals surface area contributed by atoms with Gasteiger partial charge in [0.05, 0.1) is 33.0 Å². The van der Waals surface area contributed by atoms with E-state index < -0.39 is 180 Å². The number of ether oxygens (including phenoxy) is 8. The summed E-state index contributed by atoms with van der Waals surface area (Å²) in [5.41, 5.74) is 0. The van der Waals surface area contributed by atoms with Gasteiger partial charge >= 0.3 is 0 Å². The lowest BCUT2D eigenvalue weighted by atomic mass is 9.96. The molecule has 0 radical (unpaired) electrons. The third-order valence-electron chi connectivity index (χ3n) is 9.90. The highest BCUT2D eigenvalue weighted by atomic mass is 16.8. The summed E-state index contributed by atoms with van der Waals surface area (Å²) in [6.45, 7) is -5.23. The Bertz CT molecular complexity index is 1180.